The molecular formula is C19H25N3OS. The maximum absolute atomic E-state index is 12.4. The molecule has 0 radical (unpaired) electrons. The van der Waals surface area contributed by atoms with Gasteiger partial charge in [-0.15, -0.1) is 11.3 Å². The van der Waals surface area contributed by atoms with Gasteiger partial charge in [0.25, 0.3) is 0 Å². The minimum atomic E-state index is 0.249. The zero-order chi connectivity index (χ0) is 16.9. The predicted octanol–water partition coefficient (Wildman–Crippen LogP) is 2.70. The van der Waals surface area contributed by atoms with Crippen LogP contribution in [0, 0.1) is 0 Å². The molecule has 1 aromatic carbocycles. The lowest BCUT2D eigenvalue weighted by molar-refractivity contribution is -0.130. The average Bonchev–Trinajstić information content (AvgIpc) is 3.07. The minimum Gasteiger partial charge on any atom is -0.368 e. The summed E-state index contributed by atoms with van der Waals surface area (Å²) in [6.45, 7) is 4.38. The molecule has 128 valence electrons. The first-order valence-corrected chi connectivity index (χ1v) is 9.28. The van der Waals surface area contributed by atoms with Crippen LogP contribution in [0.5, 0.6) is 0 Å². The Morgan fingerprint density at radius 3 is 2.58 bits per heavy atom. The number of nitrogens with zero attached hydrogens (tertiary/aromatic N) is 3. The number of carbonyl (C=O) groups excluding carboxylic acids is 1. The highest BCUT2D eigenvalue weighted by atomic mass is 32.1. The van der Waals surface area contributed by atoms with Crippen LogP contribution in [0.25, 0.3) is 0 Å². The molecule has 0 atom stereocenters. The Labute approximate surface area is 148 Å². The number of thiophene rings is 1. The lowest BCUT2D eigenvalue weighted by atomic mass is 10.1. The second-order valence-corrected chi connectivity index (χ2v) is 7.56. The lowest BCUT2D eigenvalue weighted by Crippen LogP contribution is -2.49. The molecular weight excluding hydrogens is 318 g/mol. The van der Waals surface area contributed by atoms with Gasteiger partial charge >= 0.3 is 0 Å². The quantitative estimate of drug-likeness (QED) is 0.835. The van der Waals surface area contributed by atoms with Crippen LogP contribution in [0.2, 0.25) is 0 Å². The van der Waals surface area contributed by atoms with Crippen molar-refractivity contribution in [1.82, 2.24) is 9.80 Å². The summed E-state index contributed by atoms with van der Waals surface area (Å²) < 4.78 is 0. The largest absolute Gasteiger partial charge is 0.368 e. The van der Waals surface area contributed by atoms with Gasteiger partial charge in [0.15, 0.2) is 0 Å². The van der Waals surface area contributed by atoms with Crippen LogP contribution in [0.1, 0.15) is 10.4 Å². The van der Waals surface area contributed by atoms with Crippen molar-refractivity contribution in [3.8, 4) is 0 Å². The molecule has 1 fully saturated rings. The summed E-state index contributed by atoms with van der Waals surface area (Å²) in [5.41, 5.74) is 2.59. The van der Waals surface area contributed by atoms with E-state index in [2.05, 4.69) is 48.2 Å². The standard InChI is InChI=1S/C19H25N3OS/c1-20(2)15-16-5-3-6-17(13-16)21-8-10-22(11-9-21)19(23)14-18-7-4-12-24-18/h3-7,12-13H,8-11,14-15H2,1-2H3. The molecule has 24 heavy (non-hydrogen) atoms. The number of carbonyl (C=O) groups is 1. The van der Waals surface area contributed by atoms with E-state index in [0.29, 0.717) is 6.42 Å². The van der Waals surface area contributed by atoms with Crippen LogP contribution in [0.3, 0.4) is 0 Å². The molecule has 1 aliphatic rings. The molecule has 4 nitrogen and oxygen atoms in total. The van der Waals surface area contributed by atoms with Crippen molar-refractivity contribution in [3.05, 3.63) is 52.2 Å². The van der Waals surface area contributed by atoms with E-state index in [1.54, 1.807) is 11.3 Å². The van der Waals surface area contributed by atoms with E-state index < -0.39 is 0 Å². The van der Waals surface area contributed by atoms with Crippen LogP contribution in [-0.4, -0.2) is 56.0 Å². The molecule has 5 heteroatoms. The predicted molar refractivity (Wildman–Crippen MR) is 101 cm³/mol. The van der Waals surface area contributed by atoms with Gasteiger partial charge in [0, 0.05) is 43.3 Å². The monoisotopic (exact) mass is 343 g/mol. The molecule has 1 saturated heterocycles. The summed E-state index contributed by atoms with van der Waals surface area (Å²) in [5.74, 6) is 0.249. The zero-order valence-corrected chi connectivity index (χ0v) is 15.3. The number of amides is 1. The summed E-state index contributed by atoms with van der Waals surface area (Å²) in [4.78, 5) is 20.1. The molecule has 1 amide bonds. The average molecular weight is 343 g/mol. The third-order valence-corrected chi connectivity index (χ3v) is 5.19. The van der Waals surface area contributed by atoms with Crippen LogP contribution in [0.4, 0.5) is 5.69 Å². The van der Waals surface area contributed by atoms with E-state index in [1.807, 2.05) is 22.4 Å². The van der Waals surface area contributed by atoms with Crippen molar-refractivity contribution in [2.45, 2.75) is 13.0 Å². The van der Waals surface area contributed by atoms with Gasteiger partial charge < -0.3 is 14.7 Å². The molecule has 0 aliphatic carbocycles. The van der Waals surface area contributed by atoms with Crippen molar-refractivity contribution < 1.29 is 4.79 Å². The number of rotatable bonds is 5. The van der Waals surface area contributed by atoms with Crippen LogP contribution in [0.15, 0.2) is 41.8 Å². The van der Waals surface area contributed by atoms with Crippen LogP contribution >= 0.6 is 11.3 Å². The zero-order valence-electron chi connectivity index (χ0n) is 14.4. The van der Waals surface area contributed by atoms with Crippen LogP contribution in [-0.2, 0) is 17.8 Å². The number of hydrogen-bond donors (Lipinski definition) is 0. The first-order chi connectivity index (χ1) is 11.6. The highest BCUT2D eigenvalue weighted by Crippen LogP contribution is 2.19. The number of anilines is 1. The van der Waals surface area contributed by atoms with Gasteiger partial charge in [-0.05, 0) is 43.2 Å². The Morgan fingerprint density at radius 2 is 1.92 bits per heavy atom. The van der Waals surface area contributed by atoms with Crippen molar-refractivity contribution in [2.75, 3.05) is 45.2 Å². The van der Waals surface area contributed by atoms with E-state index >= 15 is 0 Å². The summed E-state index contributed by atoms with van der Waals surface area (Å²) in [7, 11) is 4.18. The molecule has 2 heterocycles. The smallest absolute Gasteiger partial charge is 0.227 e. The van der Waals surface area contributed by atoms with Gasteiger partial charge in [0.2, 0.25) is 5.91 Å². The maximum Gasteiger partial charge on any atom is 0.227 e. The molecule has 1 aromatic heterocycles. The second-order valence-electron chi connectivity index (χ2n) is 6.53. The molecule has 0 bridgehead atoms. The summed E-state index contributed by atoms with van der Waals surface area (Å²) >= 11 is 1.66. The molecule has 0 spiro atoms. The Hall–Kier alpha value is -1.85. The highest BCUT2D eigenvalue weighted by Gasteiger charge is 2.21. The van der Waals surface area contributed by atoms with E-state index in [1.165, 1.54) is 11.3 Å². The van der Waals surface area contributed by atoms with E-state index in [0.717, 1.165) is 37.6 Å². The van der Waals surface area contributed by atoms with Crippen molar-refractivity contribution >= 4 is 22.9 Å². The van der Waals surface area contributed by atoms with Gasteiger partial charge in [-0.1, -0.05) is 18.2 Å². The van der Waals surface area contributed by atoms with E-state index in [4.69, 9.17) is 0 Å². The van der Waals surface area contributed by atoms with Gasteiger partial charge in [-0.3, -0.25) is 4.79 Å². The number of hydrogen-bond acceptors (Lipinski definition) is 4. The lowest BCUT2D eigenvalue weighted by Gasteiger charge is -2.36. The summed E-state index contributed by atoms with van der Waals surface area (Å²) in [6, 6.07) is 12.8. The Balaban J connectivity index is 1.56. The molecule has 2 aromatic rings. The first kappa shape index (κ1) is 17.0. The van der Waals surface area contributed by atoms with E-state index in [-0.39, 0.29) is 5.91 Å². The number of piperazine rings is 1. The SMILES string of the molecule is CN(C)Cc1cccc(N2CCN(C(=O)Cc3cccs3)CC2)c1. The van der Waals surface area contributed by atoms with Gasteiger partial charge in [-0.2, -0.15) is 0 Å². The first-order valence-electron chi connectivity index (χ1n) is 8.40. The van der Waals surface area contributed by atoms with Crippen molar-refractivity contribution in [2.24, 2.45) is 0 Å². The summed E-state index contributed by atoms with van der Waals surface area (Å²) in [6.07, 6.45) is 0.538. The fourth-order valence-electron chi connectivity index (χ4n) is 3.10. The third-order valence-electron chi connectivity index (χ3n) is 4.31. The normalized spacial score (nSPS) is 15.1. The molecule has 3 rings (SSSR count). The van der Waals surface area contributed by atoms with Crippen LogP contribution < -0.4 is 4.90 Å². The Morgan fingerprint density at radius 1 is 1.12 bits per heavy atom. The maximum atomic E-state index is 12.4. The van der Waals surface area contributed by atoms with Gasteiger partial charge in [0.1, 0.15) is 0 Å². The molecule has 0 unspecified atom stereocenters. The van der Waals surface area contributed by atoms with Crippen molar-refractivity contribution in [1.29, 1.82) is 0 Å². The Kier molecular flexibility index (Phi) is 5.53. The van der Waals surface area contributed by atoms with Gasteiger partial charge in [-0.25, -0.2) is 0 Å². The molecule has 0 saturated carbocycles. The third kappa shape index (κ3) is 4.36. The summed E-state index contributed by atoms with van der Waals surface area (Å²) in [5, 5.41) is 2.03. The fourth-order valence-corrected chi connectivity index (χ4v) is 3.80. The second kappa shape index (κ2) is 7.81. The topological polar surface area (TPSA) is 26.8 Å². The van der Waals surface area contributed by atoms with Crippen molar-refractivity contribution in [3.63, 3.8) is 0 Å². The molecule has 1 aliphatic heterocycles. The highest BCUT2D eigenvalue weighted by molar-refractivity contribution is 7.10. The molecule has 0 N–H and O–H groups in total. The number of benzene rings is 1. The minimum absolute atomic E-state index is 0.249. The fraction of sp³-hybridized carbons (Fsp3) is 0.421. The van der Waals surface area contributed by atoms with Gasteiger partial charge in [0.05, 0.1) is 6.42 Å². The van der Waals surface area contributed by atoms with E-state index in [9.17, 15) is 4.79 Å². The Bertz CT molecular complexity index is 661.